The van der Waals surface area contributed by atoms with Gasteiger partial charge in [-0.15, -0.1) is 5.10 Å². The first-order chi connectivity index (χ1) is 18.3. The Balaban J connectivity index is 1.41. The van der Waals surface area contributed by atoms with E-state index in [2.05, 4.69) is 37.9 Å². The van der Waals surface area contributed by atoms with Crippen LogP contribution in [0.15, 0.2) is 49.2 Å². The third-order valence-electron chi connectivity index (χ3n) is 7.03. The van der Waals surface area contributed by atoms with E-state index in [0.29, 0.717) is 45.5 Å². The molecule has 4 heterocycles. The van der Waals surface area contributed by atoms with Crippen LogP contribution in [0.1, 0.15) is 31.5 Å². The van der Waals surface area contributed by atoms with E-state index in [-0.39, 0.29) is 16.3 Å². The van der Waals surface area contributed by atoms with Gasteiger partial charge in [-0.2, -0.15) is 18.9 Å². The fourth-order valence-electron chi connectivity index (χ4n) is 4.82. The van der Waals surface area contributed by atoms with Crippen molar-refractivity contribution in [3.63, 3.8) is 0 Å². The smallest absolute Gasteiger partial charge is 0.260 e. The van der Waals surface area contributed by atoms with Crippen molar-refractivity contribution in [2.45, 2.75) is 25.8 Å². The monoisotopic (exact) mass is 538 g/mol. The highest BCUT2D eigenvalue weighted by Crippen LogP contribution is 2.45. The number of pyridine rings is 1. The molecule has 14 heteroatoms. The maximum Gasteiger partial charge on any atom is 0.260 e. The lowest BCUT2D eigenvalue weighted by molar-refractivity contribution is -0.615. The second-order valence-electron chi connectivity index (χ2n) is 9.46. The Morgan fingerprint density at radius 3 is 2.66 bits per heavy atom. The van der Waals surface area contributed by atoms with Gasteiger partial charge >= 0.3 is 0 Å². The predicted octanol–water partition coefficient (Wildman–Crippen LogP) is 3.52. The fraction of sp³-hybridized carbons (Fsp3) is 0.292. The van der Waals surface area contributed by atoms with E-state index in [4.69, 9.17) is 11.6 Å². The number of tetrazole rings is 1. The molecule has 5 aromatic rings. The molecule has 11 nitrogen and oxygen atoms in total. The van der Waals surface area contributed by atoms with Crippen molar-refractivity contribution in [2.75, 3.05) is 0 Å². The zero-order valence-corrected chi connectivity index (χ0v) is 21.0. The number of aromatic nitrogens is 10. The summed E-state index contributed by atoms with van der Waals surface area (Å²) in [5.41, 5.74) is 1.83. The van der Waals surface area contributed by atoms with Crippen LogP contribution >= 0.6 is 11.6 Å². The zero-order valence-electron chi connectivity index (χ0n) is 20.3. The average molecular weight is 539 g/mol. The van der Waals surface area contributed by atoms with Crippen LogP contribution in [0, 0.1) is 28.8 Å². The molecule has 1 fully saturated rings. The van der Waals surface area contributed by atoms with Crippen molar-refractivity contribution in [3.8, 4) is 28.1 Å². The van der Waals surface area contributed by atoms with Crippen molar-refractivity contribution in [2.24, 2.45) is 18.9 Å². The average Bonchev–Trinajstić information content (AvgIpc) is 3.33. The number of hydrogen-bond donors (Lipinski definition) is 0. The summed E-state index contributed by atoms with van der Waals surface area (Å²) in [7, 11) is 1.59. The minimum atomic E-state index is -0.704. The molecule has 38 heavy (non-hydrogen) atoms. The minimum absolute atomic E-state index is 0.0915. The number of hydrogen-bond acceptors (Lipinski definition) is 7. The Hall–Kier alpha value is -4.26. The molecule has 1 aromatic carbocycles. The van der Waals surface area contributed by atoms with Crippen LogP contribution in [0.5, 0.6) is 0 Å². The molecule has 6 rings (SSSR count). The van der Waals surface area contributed by atoms with Gasteiger partial charge in [0.2, 0.25) is 5.69 Å². The number of benzene rings is 1. The topological polar surface area (TPSA) is 119 Å². The van der Waals surface area contributed by atoms with Gasteiger partial charge in [-0.25, -0.2) is 9.07 Å². The largest absolute Gasteiger partial charge is 0.618 e. The van der Waals surface area contributed by atoms with Crippen LogP contribution in [0.3, 0.4) is 0 Å². The van der Waals surface area contributed by atoms with Crippen molar-refractivity contribution >= 4 is 11.6 Å². The van der Waals surface area contributed by atoms with E-state index in [1.807, 2.05) is 0 Å². The van der Waals surface area contributed by atoms with E-state index in [1.165, 1.54) is 34.2 Å². The summed E-state index contributed by atoms with van der Waals surface area (Å²) in [5, 5.41) is 36.0. The minimum Gasteiger partial charge on any atom is -0.618 e. The van der Waals surface area contributed by atoms with Crippen molar-refractivity contribution in [1.82, 2.24) is 45.0 Å². The summed E-state index contributed by atoms with van der Waals surface area (Å²) in [6.45, 7) is 2.16. The van der Waals surface area contributed by atoms with Crippen LogP contribution in [0.2, 0.25) is 5.02 Å². The van der Waals surface area contributed by atoms with E-state index in [0.717, 1.165) is 6.42 Å². The van der Waals surface area contributed by atoms with Gasteiger partial charge < -0.3 is 5.21 Å². The van der Waals surface area contributed by atoms with Gasteiger partial charge in [-0.3, -0.25) is 4.68 Å². The SMILES string of the molecule is CC1CC1C[C@H](c1ccc(-c2c(-n3cnnn3)ccc(Cl)c2F)c[n+]1[O-])n1cc(-c2c(F)nnn2C)cn1. The molecule has 2 unspecified atom stereocenters. The number of nitrogens with zero attached hydrogens (tertiary/aromatic N) is 10. The molecule has 0 amide bonds. The third kappa shape index (κ3) is 4.18. The predicted molar refractivity (Wildman–Crippen MR) is 131 cm³/mol. The van der Waals surface area contributed by atoms with Gasteiger partial charge in [0.25, 0.3) is 5.95 Å². The van der Waals surface area contributed by atoms with Gasteiger partial charge in [0.15, 0.2) is 12.0 Å². The Morgan fingerprint density at radius 2 is 2.00 bits per heavy atom. The summed E-state index contributed by atoms with van der Waals surface area (Å²) < 4.78 is 34.5. The molecule has 4 aromatic heterocycles. The van der Waals surface area contributed by atoms with Crippen molar-refractivity contribution < 1.29 is 13.5 Å². The van der Waals surface area contributed by atoms with E-state index >= 15 is 4.39 Å². The number of rotatable bonds is 7. The van der Waals surface area contributed by atoms with Gasteiger partial charge in [-0.1, -0.05) is 28.8 Å². The second-order valence-corrected chi connectivity index (χ2v) is 9.87. The lowest BCUT2D eigenvalue weighted by Gasteiger charge is -2.18. The third-order valence-corrected chi connectivity index (χ3v) is 7.32. The molecule has 0 N–H and O–H groups in total. The standard InChI is InChI=1S/C24H21ClF2N10O/c1-13-7-15(13)8-20(35-10-16(9-29-35)23-24(27)30-32-34(23)2)18-5-3-14(11-37(18)38)21-19(36-12-28-31-33-36)6-4-17(25)22(21)26/h3-6,9-13,15,20H,7-8H2,1-2H3/t13?,15?,20-/m1/s1. The lowest BCUT2D eigenvalue weighted by Crippen LogP contribution is -2.35. The Morgan fingerprint density at radius 1 is 1.18 bits per heavy atom. The summed E-state index contributed by atoms with van der Waals surface area (Å²) >= 11 is 6.07. The number of aryl methyl sites for hydroxylation is 1. The van der Waals surface area contributed by atoms with Crippen LogP contribution in [-0.4, -0.2) is 45.0 Å². The highest BCUT2D eigenvalue weighted by atomic mass is 35.5. The maximum atomic E-state index is 15.2. The van der Waals surface area contributed by atoms with Crippen LogP contribution in [0.25, 0.3) is 28.1 Å². The molecule has 0 bridgehead atoms. The molecule has 1 saturated carbocycles. The first kappa shape index (κ1) is 24.1. The summed E-state index contributed by atoms with van der Waals surface area (Å²) in [6.07, 6.45) is 7.54. The van der Waals surface area contributed by atoms with Crippen LogP contribution < -0.4 is 4.73 Å². The molecule has 194 valence electrons. The van der Waals surface area contributed by atoms with E-state index in [1.54, 1.807) is 36.1 Å². The Labute approximate surface area is 219 Å². The van der Waals surface area contributed by atoms with Crippen LogP contribution in [-0.2, 0) is 7.05 Å². The van der Waals surface area contributed by atoms with Gasteiger partial charge in [-0.05, 0) is 53.3 Å². The van der Waals surface area contributed by atoms with Crippen molar-refractivity contribution in [1.29, 1.82) is 0 Å². The second kappa shape index (κ2) is 9.24. The first-order valence-corrected chi connectivity index (χ1v) is 12.2. The Bertz CT molecular complexity index is 1610. The molecular weight excluding hydrogens is 518 g/mol. The summed E-state index contributed by atoms with van der Waals surface area (Å²) in [6, 6.07) is 5.86. The molecule has 0 spiro atoms. The van der Waals surface area contributed by atoms with Crippen molar-refractivity contribution in [3.05, 3.63) is 76.9 Å². The fourth-order valence-corrected chi connectivity index (χ4v) is 4.98. The highest BCUT2D eigenvalue weighted by Gasteiger charge is 2.38. The van der Waals surface area contributed by atoms with E-state index < -0.39 is 17.8 Å². The summed E-state index contributed by atoms with van der Waals surface area (Å²) in [4.78, 5) is 0. The molecule has 3 atom stereocenters. The molecule has 1 aliphatic carbocycles. The number of halogens is 3. The zero-order chi connectivity index (χ0) is 26.6. The molecule has 0 saturated heterocycles. The van der Waals surface area contributed by atoms with Crippen LogP contribution in [0.4, 0.5) is 8.78 Å². The maximum absolute atomic E-state index is 15.2. The Kier molecular flexibility index (Phi) is 5.86. The highest BCUT2D eigenvalue weighted by molar-refractivity contribution is 6.31. The normalized spacial score (nSPS) is 17.6. The summed E-state index contributed by atoms with van der Waals surface area (Å²) in [5.74, 6) is -0.451. The molecule has 0 aliphatic heterocycles. The quantitative estimate of drug-likeness (QED) is 0.230. The van der Waals surface area contributed by atoms with Gasteiger partial charge in [0.05, 0.1) is 28.0 Å². The molecular formula is C24H21ClF2N10O. The first-order valence-electron chi connectivity index (χ1n) is 11.9. The van der Waals surface area contributed by atoms with Gasteiger partial charge in [0, 0.05) is 24.9 Å². The van der Waals surface area contributed by atoms with Gasteiger partial charge in [0.1, 0.15) is 18.1 Å². The lowest BCUT2D eigenvalue weighted by atomic mass is 10.0. The molecule has 1 aliphatic rings. The molecule has 0 radical (unpaired) electrons. The van der Waals surface area contributed by atoms with E-state index in [9.17, 15) is 9.60 Å².